The Hall–Kier alpha value is -2.07. The lowest BCUT2D eigenvalue weighted by molar-refractivity contribution is 0.112. The Balaban J connectivity index is 1.55. The predicted octanol–water partition coefficient (Wildman–Crippen LogP) is 2.72. The van der Waals surface area contributed by atoms with Gasteiger partial charge >= 0.3 is 0 Å². The number of benzene rings is 1. The molecule has 1 aromatic carbocycles. The fraction of sp³-hybridized carbons (Fsp3) is 0.353. The van der Waals surface area contributed by atoms with Crippen LogP contribution in [0.3, 0.4) is 0 Å². The van der Waals surface area contributed by atoms with E-state index in [1.54, 1.807) is 0 Å². The summed E-state index contributed by atoms with van der Waals surface area (Å²) < 4.78 is 5.63. The number of carbonyl (C=O) groups excluding carboxylic acids is 1. The Labute approximate surface area is 125 Å². The molecule has 0 saturated carbocycles. The number of hydrogen-bond acceptors (Lipinski definition) is 4. The maximum Gasteiger partial charge on any atom is 0.150 e. The van der Waals surface area contributed by atoms with E-state index >= 15 is 0 Å². The van der Waals surface area contributed by atoms with Crippen molar-refractivity contribution in [2.24, 2.45) is 0 Å². The molecule has 2 heterocycles. The van der Waals surface area contributed by atoms with E-state index in [1.165, 1.54) is 5.69 Å². The van der Waals surface area contributed by atoms with Crippen molar-refractivity contribution in [2.45, 2.75) is 13.5 Å². The van der Waals surface area contributed by atoms with Gasteiger partial charge in [0.15, 0.2) is 0 Å². The number of furan rings is 1. The van der Waals surface area contributed by atoms with E-state index in [-0.39, 0.29) is 0 Å². The van der Waals surface area contributed by atoms with Crippen LogP contribution in [0.2, 0.25) is 0 Å². The fourth-order valence-corrected chi connectivity index (χ4v) is 2.72. The van der Waals surface area contributed by atoms with Crippen molar-refractivity contribution in [3.63, 3.8) is 0 Å². The van der Waals surface area contributed by atoms with Crippen molar-refractivity contribution < 1.29 is 9.21 Å². The Morgan fingerprint density at radius 1 is 1.05 bits per heavy atom. The molecule has 0 aliphatic carbocycles. The van der Waals surface area contributed by atoms with Gasteiger partial charge in [0.25, 0.3) is 0 Å². The maximum atomic E-state index is 10.7. The van der Waals surface area contributed by atoms with Crippen LogP contribution in [0.4, 0.5) is 5.69 Å². The van der Waals surface area contributed by atoms with Gasteiger partial charge in [-0.1, -0.05) is 0 Å². The van der Waals surface area contributed by atoms with Gasteiger partial charge < -0.3 is 9.32 Å². The predicted molar refractivity (Wildman–Crippen MR) is 82.8 cm³/mol. The van der Waals surface area contributed by atoms with Gasteiger partial charge in [-0.15, -0.1) is 0 Å². The highest BCUT2D eigenvalue weighted by Crippen LogP contribution is 2.18. The number of aryl methyl sites for hydroxylation is 1. The van der Waals surface area contributed by atoms with Gasteiger partial charge in [-0.05, 0) is 43.3 Å². The molecule has 0 unspecified atom stereocenters. The highest BCUT2D eigenvalue weighted by molar-refractivity contribution is 5.75. The summed E-state index contributed by atoms with van der Waals surface area (Å²) in [6.45, 7) is 6.90. The molecule has 1 fully saturated rings. The molecular formula is C17H20N2O2. The average Bonchev–Trinajstić information content (AvgIpc) is 2.93. The third kappa shape index (κ3) is 3.34. The molecule has 2 aromatic rings. The summed E-state index contributed by atoms with van der Waals surface area (Å²) in [7, 11) is 0. The summed E-state index contributed by atoms with van der Waals surface area (Å²) in [6.07, 6.45) is 0.882. The van der Waals surface area contributed by atoms with Gasteiger partial charge in [0, 0.05) is 37.4 Å². The van der Waals surface area contributed by atoms with Gasteiger partial charge in [0.2, 0.25) is 0 Å². The van der Waals surface area contributed by atoms with Crippen molar-refractivity contribution in [1.82, 2.24) is 4.90 Å². The molecule has 4 nitrogen and oxygen atoms in total. The minimum atomic E-state index is 0.727. The zero-order valence-corrected chi connectivity index (χ0v) is 12.3. The molecule has 21 heavy (non-hydrogen) atoms. The molecule has 4 heteroatoms. The van der Waals surface area contributed by atoms with E-state index in [1.807, 2.05) is 37.3 Å². The first kappa shape index (κ1) is 13.9. The molecule has 0 radical (unpaired) electrons. The van der Waals surface area contributed by atoms with E-state index in [9.17, 15) is 4.79 Å². The van der Waals surface area contributed by atoms with E-state index in [4.69, 9.17) is 4.42 Å². The van der Waals surface area contributed by atoms with E-state index in [0.717, 1.165) is 56.1 Å². The third-order valence-corrected chi connectivity index (χ3v) is 3.94. The molecule has 1 aliphatic rings. The monoisotopic (exact) mass is 284 g/mol. The quantitative estimate of drug-likeness (QED) is 0.809. The van der Waals surface area contributed by atoms with Crippen molar-refractivity contribution in [2.75, 3.05) is 31.1 Å². The lowest BCUT2D eigenvalue weighted by Gasteiger charge is -2.35. The first-order valence-corrected chi connectivity index (χ1v) is 7.32. The first-order valence-electron chi connectivity index (χ1n) is 7.32. The van der Waals surface area contributed by atoms with Crippen LogP contribution >= 0.6 is 0 Å². The van der Waals surface area contributed by atoms with Crippen LogP contribution in [0.5, 0.6) is 0 Å². The lowest BCUT2D eigenvalue weighted by Crippen LogP contribution is -2.45. The Morgan fingerprint density at radius 3 is 2.33 bits per heavy atom. The topological polar surface area (TPSA) is 36.7 Å². The van der Waals surface area contributed by atoms with Crippen molar-refractivity contribution in [1.29, 1.82) is 0 Å². The smallest absolute Gasteiger partial charge is 0.150 e. The Bertz CT molecular complexity index is 596. The second kappa shape index (κ2) is 6.14. The standard InChI is InChI=1S/C17H20N2O2/c1-14-2-7-17(21-14)12-18-8-10-19(11-9-18)16-5-3-15(13-20)4-6-16/h2-7,13H,8-12H2,1H3. The van der Waals surface area contributed by atoms with Gasteiger partial charge in [-0.25, -0.2) is 0 Å². The van der Waals surface area contributed by atoms with Gasteiger partial charge in [-0.2, -0.15) is 0 Å². The number of rotatable bonds is 4. The van der Waals surface area contributed by atoms with Crippen molar-refractivity contribution in [3.05, 3.63) is 53.5 Å². The summed E-state index contributed by atoms with van der Waals surface area (Å²) in [5, 5.41) is 0. The van der Waals surface area contributed by atoms with Crippen LogP contribution in [0.25, 0.3) is 0 Å². The largest absolute Gasteiger partial charge is 0.465 e. The van der Waals surface area contributed by atoms with Crippen LogP contribution < -0.4 is 4.90 Å². The number of piperazine rings is 1. The molecule has 3 rings (SSSR count). The van der Waals surface area contributed by atoms with Crippen LogP contribution in [0.15, 0.2) is 40.8 Å². The number of carbonyl (C=O) groups is 1. The summed E-state index contributed by atoms with van der Waals surface area (Å²) >= 11 is 0. The summed E-state index contributed by atoms with van der Waals surface area (Å²) in [5.74, 6) is 2.01. The lowest BCUT2D eigenvalue weighted by atomic mass is 10.2. The van der Waals surface area contributed by atoms with Gasteiger partial charge in [0.05, 0.1) is 6.54 Å². The Kier molecular flexibility index (Phi) is 4.06. The van der Waals surface area contributed by atoms with E-state index < -0.39 is 0 Å². The van der Waals surface area contributed by atoms with Crippen LogP contribution in [0, 0.1) is 6.92 Å². The molecule has 1 aromatic heterocycles. The second-order valence-electron chi connectivity index (χ2n) is 5.48. The normalized spacial score (nSPS) is 16.1. The third-order valence-electron chi connectivity index (χ3n) is 3.94. The average molecular weight is 284 g/mol. The van der Waals surface area contributed by atoms with E-state index in [0.29, 0.717) is 0 Å². The maximum absolute atomic E-state index is 10.7. The van der Waals surface area contributed by atoms with Crippen molar-refractivity contribution >= 4 is 12.0 Å². The number of nitrogens with zero attached hydrogens (tertiary/aromatic N) is 2. The number of anilines is 1. The number of aldehydes is 1. The molecule has 0 amide bonds. The van der Waals surface area contributed by atoms with Crippen LogP contribution in [0.1, 0.15) is 21.9 Å². The zero-order chi connectivity index (χ0) is 14.7. The molecule has 0 atom stereocenters. The molecule has 110 valence electrons. The van der Waals surface area contributed by atoms with Gasteiger partial charge in [-0.3, -0.25) is 9.69 Å². The summed E-state index contributed by atoms with van der Waals surface area (Å²) in [4.78, 5) is 15.5. The molecule has 0 spiro atoms. The molecule has 0 N–H and O–H groups in total. The zero-order valence-electron chi connectivity index (χ0n) is 12.3. The van der Waals surface area contributed by atoms with Crippen LogP contribution in [-0.4, -0.2) is 37.4 Å². The summed E-state index contributed by atoms with van der Waals surface area (Å²) in [5.41, 5.74) is 1.92. The van der Waals surface area contributed by atoms with E-state index in [2.05, 4.69) is 15.9 Å². The fourth-order valence-electron chi connectivity index (χ4n) is 2.72. The van der Waals surface area contributed by atoms with Crippen molar-refractivity contribution in [3.8, 4) is 0 Å². The highest BCUT2D eigenvalue weighted by atomic mass is 16.3. The molecule has 0 bridgehead atoms. The molecule has 1 aliphatic heterocycles. The second-order valence-corrected chi connectivity index (χ2v) is 5.48. The summed E-state index contributed by atoms with van der Waals surface area (Å²) in [6, 6.07) is 11.9. The Morgan fingerprint density at radius 2 is 1.76 bits per heavy atom. The van der Waals surface area contributed by atoms with Crippen LogP contribution in [-0.2, 0) is 6.54 Å². The minimum Gasteiger partial charge on any atom is -0.465 e. The molecule has 1 saturated heterocycles. The first-order chi connectivity index (χ1) is 10.2. The highest BCUT2D eigenvalue weighted by Gasteiger charge is 2.18. The molecular weight excluding hydrogens is 264 g/mol. The minimum absolute atomic E-state index is 0.727. The SMILES string of the molecule is Cc1ccc(CN2CCN(c3ccc(C=O)cc3)CC2)o1. The number of hydrogen-bond donors (Lipinski definition) is 0. The van der Waals surface area contributed by atoms with Gasteiger partial charge in [0.1, 0.15) is 17.8 Å².